The number of thiophene rings is 1. The molecule has 27 heavy (non-hydrogen) atoms. The molecule has 1 saturated heterocycles. The van der Waals surface area contributed by atoms with Gasteiger partial charge in [0.1, 0.15) is 21.5 Å². The lowest BCUT2D eigenvalue weighted by Crippen LogP contribution is -2.33. The van der Waals surface area contributed by atoms with Gasteiger partial charge in [-0.3, -0.25) is 4.90 Å². The van der Waals surface area contributed by atoms with Gasteiger partial charge in [-0.25, -0.2) is 9.97 Å². The van der Waals surface area contributed by atoms with Crippen molar-refractivity contribution in [3.05, 3.63) is 22.1 Å². The SMILES string of the molecule is Cc1sc2nc(CN3CCC(C)CC3)nc(Sc3nnc(C)n3C)c2c1C. The third kappa shape index (κ3) is 3.75. The van der Waals surface area contributed by atoms with E-state index in [1.807, 2.05) is 18.5 Å². The van der Waals surface area contributed by atoms with Crippen LogP contribution in [0.1, 0.15) is 41.9 Å². The van der Waals surface area contributed by atoms with Crippen molar-refractivity contribution in [2.24, 2.45) is 13.0 Å². The zero-order chi connectivity index (χ0) is 19.1. The maximum Gasteiger partial charge on any atom is 0.197 e. The second kappa shape index (κ2) is 7.48. The van der Waals surface area contributed by atoms with Crippen molar-refractivity contribution in [3.8, 4) is 0 Å². The van der Waals surface area contributed by atoms with Crippen molar-refractivity contribution in [1.29, 1.82) is 0 Å². The molecule has 0 aromatic carbocycles. The smallest absolute Gasteiger partial charge is 0.197 e. The molecule has 0 saturated carbocycles. The van der Waals surface area contributed by atoms with Gasteiger partial charge < -0.3 is 4.57 Å². The Hall–Kier alpha value is -1.51. The first-order valence-electron chi connectivity index (χ1n) is 9.45. The maximum atomic E-state index is 4.97. The fourth-order valence-electron chi connectivity index (χ4n) is 3.38. The summed E-state index contributed by atoms with van der Waals surface area (Å²) in [6.07, 6.45) is 2.53. The van der Waals surface area contributed by atoms with E-state index >= 15 is 0 Å². The zero-order valence-corrected chi connectivity index (χ0v) is 18.2. The topological polar surface area (TPSA) is 59.7 Å². The summed E-state index contributed by atoms with van der Waals surface area (Å²) in [6, 6.07) is 0. The Labute approximate surface area is 168 Å². The predicted molar refractivity (Wildman–Crippen MR) is 110 cm³/mol. The van der Waals surface area contributed by atoms with Gasteiger partial charge in [-0.05, 0) is 69.9 Å². The zero-order valence-electron chi connectivity index (χ0n) is 16.6. The van der Waals surface area contributed by atoms with Gasteiger partial charge in [-0.15, -0.1) is 21.5 Å². The molecule has 0 aliphatic carbocycles. The molecule has 3 aromatic heterocycles. The minimum atomic E-state index is 0.823. The van der Waals surface area contributed by atoms with Crippen LogP contribution in [0, 0.1) is 26.7 Å². The van der Waals surface area contributed by atoms with Gasteiger partial charge in [-0.2, -0.15) is 0 Å². The molecule has 144 valence electrons. The fourth-order valence-corrected chi connectivity index (χ4v) is 5.52. The Morgan fingerprint density at radius 1 is 1.11 bits per heavy atom. The number of aryl methyl sites for hydroxylation is 3. The minimum absolute atomic E-state index is 0.823. The normalized spacial score (nSPS) is 16.5. The number of likely N-dealkylation sites (tertiary alicyclic amines) is 1. The van der Waals surface area contributed by atoms with E-state index in [0.29, 0.717) is 0 Å². The summed E-state index contributed by atoms with van der Waals surface area (Å²) in [5.41, 5.74) is 1.27. The molecule has 4 rings (SSSR count). The monoisotopic (exact) mass is 402 g/mol. The van der Waals surface area contributed by atoms with Gasteiger partial charge in [0.05, 0.1) is 6.54 Å². The molecule has 0 spiro atoms. The first-order valence-corrected chi connectivity index (χ1v) is 11.1. The molecular weight excluding hydrogens is 376 g/mol. The lowest BCUT2D eigenvalue weighted by Gasteiger charge is -2.29. The highest BCUT2D eigenvalue weighted by Crippen LogP contribution is 2.37. The van der Waals surface area contributed by atoms with Crippen molar-refractivity contribution < 1.29 is 0 Å². The van der Waals surface area contributed by atoms with Gasteiger partial charge >= 0.3 is 0 Å². The van der Waals surface area contributed by atoms with E-state index in [-0.39, 0.29) is 0 Å². The summed E-state index contributed by atoms with van der Waals surface area (Å²) in [5, 5.41) is 11.5. The van der Waals surface area contributed by atoms with Crippen molar-refractivity contribution >= 4 is 33.3 Å². The van der Waals surface area contributed by atoms with Gasteiger partial charge in [0.2, 0.25) is 0 Å². The van der Waals surface area contributed by atoms with Crippen LogP contribution in [0.25, 0.3) is 10.2 Å². The molecule has 1 aliphatic heterocycles. The van der Waals surface area contributed by atoms with Crippen molar-refractivity contribution in [2.45, 2.75) is 57.3 Å². The van der Waals surface area contributed by atoms with Crippen LogP contribution in [-0.2, 0) is 13.6 Å². The van der Waals surface area contributed by atoms with E-state index in [1.165, 1.54) is 28.7 Å². The third-order valence-electron chi connectivity index (χ3n) is 5.52. The Kier molecular flexibility index (Phi) is 5.22. The first kappa shape index (κ1) is 18.8. The van der Waals surface area contributed by atoms with Gasteiger partial charge in [0, 0.05) is 17.3 Å². The van der Waals surface area contributed by atoms with Crippen LogP contribution in [0.5, 0.6) is 0 Å². The van der Waals surface area contributed by atoms with Crippen molar-refractivity contribution in [1.82, 2.24) is 29.6 Å². The van der Waals surface area contributed by atoms with Crippen LogP contribution >= 0.6 is 23.1 Å². The fraction of sp³-hybridized carbons (Fsp3) is 0.579. The lowest BCUT2D eigenvalue weighted by atomic mass is 9.99. The molecule has 1 aliphatic rings. The third-order valence-corrected chi connectivity index (χ3v) is 7.65. The highest BCUT2D eigenvalue weighted by molar-refractivity contribution is 7.99. The number of hydrogen-bond donors (Lipinski definition) is 0. The molecule has 3 aromatic rings. The van der Waals surface area contributed by atoms with Crippen LogP contribution < -0.4 is 0 Å². The summed E-state index contributed by atoms with van der Waals surface area (Å²) in [5.74, 6) is 2.65. The van der Waals surface area contributed by atoms with Crippen molar-refractivity contribution in [2.75, 3.05) is 13.1 Å². The van der Waals surface area contributed by atoms with E-state index in [0.717, 1.165) is 52.2 Å². The second-order valence-electron chi connectivity index (χ2n) is 7.56. The van der Waals surface area contributed by atoms with Gasteiger partial charge in [0.15, 0.2) is 5.16 Å². The van der Waals surface area contributed by atoms with Crippen LogP contribution in [0.3, 0.4) is 0 Å². The van der Waals surface area contributed by atoms with E-state index in [4.69, 9.17) is 9.97 Å². The molecular formula is C19H26N6S2. The average molecular weight is 403 g/mol. The summed E-state index contributed by atoms with van der Waals surface area (Å²) in [4.78, 5) is 14.8. The van der Waals surface area contributed by atoms with Crippen LogP contribution in [0.4, 0.5) is 0 Å². The number of aromatic nitrogens is 5. The summed E-state index contributed by atoms with van der Waals surface area (Å²) >= 11 is 3.36. The van der Waals surface area contributed by atoms with Crippen LogP contribution in [-0.4, -0.2) is 42.7 Å². The van der Waals surface area contributed by atoms with Gasteiger partial charge in [-0.1, -0.05) is 6.92 Å². The lowest BCUT2D eigenvalue weighted by molar-refractivity contribution is 0.181. The summed E-state index contributed by atoms with van der Waals surface area (Å²) in [6.45, 7) is 11.7. The van der Waals surface area contributed by atoms with E-state index in [1.54, 1.807) is 23.1 Å². The number of fused-ring (bicyclic) bond motifs is 1. The number of rotatable bonds is 4. The van der Waals surface area contributed by atoms with Crippen molar-refractivity contribution in [3.63, 3.8) is 0 Å². The molecule has 8 heteroatoms. The number of hydrogen-bond acceptors (Lipinski definition) is 7. The molecule has 0 radical (unpaired) electrons. The van der Waals surface area contributed by atoms with Gasteiger partial charge in [0.25, 0.3) is 0 Å². The number of nitrogens with zero attached hydrogens (tertiary/aromatic N) is 6. The molecule has 0 atom stereocenters. The second-order valence-corrected chi connectivity index (χ2v) is 9.72. The van der Waals surface area contributed by atoms with E-state index in [9.17, 15) is 0 Å². The summed E-state index contributed by atoms with van der Waals surface area (Å²) in [7, 11) is 2.00. The highest BCUT2D eigenvalue weighted by Gasteiger charge is 2.21. The molecule has 0 bridgehead atoms. The Morgan fingerprint density at radius 3 is 2.52 bits per heavy atom. The highest BCUT2D eigenvalue weighted by atomic mass is 32.2. The molecule has 0 N–H and O–H groups in total. The number of piperidine rings is 1. The standard InChI is InChI=1S/C19H26N6S2/c1-11-6-8-25(9-7-11)10-15-20-17-16(12(2)13(3)26-17)18(21-15)27-19-23-22-14(4)24(19)5/h11H,6-10H2,1-5H3. The molecule has 1 fully saturated rings. The first-order chi connectivity index (χ1) is 12.9. The molecule has 6 nitrogen and oxygen atoms in total. The summed E-state index contributed by atoms with van der Waals surface area (Å²) < 4.78 is 2.01. The van der Waals surface area contributed by atoms with E-state index in [2.05, 4.69) is 35.9 Å². The van der Waals surface area contributed by atoms with Crippen LogP contribution in [0.2, 0.25) is 0 Å². The predicted octanol–water partition coefficient (Wildman–Crippen LogP) is 4.13. The quantitative estimate of drug-likeness (QED) is 0.612. The molecule has 0 unspecified atom stereocenters. The largest absolute Gasteiger partial charge is 0.309 e. The molecule has 0 amide bonds. The average Bonchev–Trinajstić information content (AvgIpc) is 3.10. The van der Waals surface area contributed by atoms with Crippen LogP contribution in [0.15, 0.2) is 10.2 Å². The van der Waals surface area contributed by atoms with E-state index < -0.39 is 0 Å². The Morgan fingerprint density at radius 2 is 1.85 bits per heavy atom. The molecule has 4 heterocycles. The maximum absolute atomic E-state index is 4.97. The Bertz CT molecular complexity index is 968. The minimum Gasteiger partial charge on any atom is -0.309 e. The Balaban J connectivity index is 1.70.